The van der Waals surface area contributed by atoms with Gasteiger partial charge in [-0.15, -0.1) is 0 Å². The second kappa shape index (κ2) is 9.09. The molecule has 7 nitrogen and oxygen atoms in total. The molecule has 4 aromatic rings. The second-order valence-corrected chi connectivity index (χ2v) is 7.08. The number of nitrogens with zero attached hydrogens (tertiary/aromatic N) is 2. The minimum absolute atomic E-state index is 0.0525. The smallest absolute Gasteiger partial charge is 0.276 e. The average molecular weight is 425 g/mol. The van der Waals surface area contributed by atoms with Crippen molar-refractivity contribution in [2.75, 3.05) is 5.32 Å². The summed E-state index contributed by atoms with van der Waals surface area (Å²) in [7, 11) is 0. The summed E-state index contributed by atoms with van der Waals surface area (Å²) < 4.78 is 5.39. The zero-order valence-corrected chi connectivity index (χ0v) is 17.2. The number of carbonyl (C=O) groups is 1. The van der Waals surface area contributed by atoms with E-state index in [1.165, 1.54) is 24.5 Å². The molecule has 0 unspecified atom stereocenters. The first-order valence-electron chi connectivity index (χ1n) is 9.85. The molecule has 7 heteroatoms. The third kappa shape index (κ3) is 4.62. The number of hydrogen-bond acceptors (Lipinski definition) is 5. The Morgan fingerprint density at radius 1 is 1.06 bits per heavy atom. The highest BCUT2D eigenvalue weighted by Crippen LogP contribution is 2.29. The molecule has 0 aliphatic rings. The Labute approximate surface area is 184 Å². The van der Waals surface area contributed by atoms with Crippen molar-refractivity contribution >= 4 is 23.4 Å². The number of para-hydroxylation sites is 1. The number of aryl methyl sites for hydroxylation is 1. The summed E-state index contributed by atoms with van der Waals surface area (Å²) in [6.45, 7) is 2.03. The van der Waals surface area contributed by atoms with E-state index in [-0.39, 0.29) is 11.6 Å². The van der Waals surface area contributed by atoms with Crippen LogP contribution in [0.3, 0.4) is 0 Å². The van der Waals surface area contributed by atoms with Gasteiger partial charge in [-0.1, -0.05) is 30.3 Å². The third-order valence-corrected chi connectivity index (χ3v) is 4.93. The van der Waals surface area contributed by atoms with Crippen molar-refractivity contribution in [1.29, 1.82) is 0 Å². The molecule has 158 valence electrons. The van der Waals surface area contributed by atoms with Gasteiger partial charge in [-0.25, -0.2) is 4.98 Å². The van der Waals surface area contributed by atoms with Gasteiger partial charge >= 0.3 is 0 Å². The summed E-state index contributed by atoms with van der Waals surface area (Å²) in [4.78, 5) is 27.1. The lowest BCUT2D eigenvalue weighted by Crippen LogP contribution is -2.07. The SMILES string of the molecule is Cc1ccc(-c2ncco2)cc1-c1ccc(NC(=O)C=Cc2ccccc2[N+](=O)[O-])cc1. The highest BCUT2D eigenvalue weighted by Gasteiger charge is 2.10. The monoisotopic (exact) mass is 425 g/mol. The van der Waals surface area contributed by atoms with E-state index >= 15 is 0 Å². The first-order valence-corrected chi connectivity index (χ1v) is 9.85. The quantitative estimate of drug-likeness (QED) is 0.236. The summed E-state index contributed by atoms with van der Waals surface area (Å²) in [5.74, 6) is 0.179. The van der Waals surface area contributed by atoms with Gasteiger partial charge < -0.3 is 9.73 Å². The topological polar surface area (TPSA) is 98.3 Å². The molecule has 1 N–H and O–H groups in total. The maximum atomic E-state index is 12.3. The van der Waals surface area contributed by atoms with Crippen LogP contribution in [0.4, 0.5) is 11.4 Å². The van der Waals surface area contributed by atoms with Crippen LogP contribution in [-0.4, -0.2) is 15.8 Å². The zero-order chi connectivity index (χ0) is 22.5. The van der Waals surface area contributed by atoms with Crippen LogP contribution in [0.1, 0.15) is 11.1 Å². The number of rotatable bonds is 6. The number of carbonyl (C=O) groups excluding carboxylic acids is 1. The van der Waals surface area contributed by atoms with E-state index < -0.39 is 4.92 Å². The normalized spacial score (nSPS) is 10.9. The maximum absolute atomic E-state index is 12.3. The predicted octanol–water partition coefficient (Wildman–Crippen LogP) is 5.88. The van der Waals surface area contributed by atoms with Crippen molar-refractivity contribution < 1.29 is 14.1 Å². The molecule has 0 spiro atoms. The van der Waals surface area contributed by atoms with Crippen LogP contribution in [0.5, 0.6) is 0 Å². The van der Waals surface area contributed by atoms with Gasteiger partial charge in [0.05, 0.1) is 16.7 Å². The summed E-state index contributed by atoms with van der Waals surface area (Å²) in [5, 5.41) is 13.8. The van der Waals surface area contributed by atoms with E-state index in [0.717, 1.165) is 22.3 Å². The molecule has 3 aromatic carbocycles. The Morgan fingerprint density at radius 3 is 2.53 bits per heavy atom. The van der Waals surface area contributed by atoms with Crippen molar-refractivity contribution in [3.63, 3.8) is 0 Å². The third-order valence-electron chi connectivity index (χ3n) is 4.93. The Bertz CT molecular complexity index is 1290. The van der Waals surface area contributed by atoms with Crippen molar-refractivity contribution in [3.05, 3.63) is 107 Å². The fourth-order valence-electron chi connectivity index (χ4n) is 3.31. The number of anilines is 1. The molecule has 1 aromatic heterocycles. The average Bonchev–Trinajstić information content (AvgIpc) is 3.34. The molecule has 0 aliphatic heterocycles. The van der Waals surface area contributed by atoms with Crippen LogP contribution in [-0.2, 0) is 4.79 Å². The van der Waals surface area contributed by atoms with Crippen molar-refractivity contribution in [3.8, 4) is 22.6 Å². The molecule has 0 atom stereocenters. The van der Waals surface area contributed by atoms with E-state index in [2.05, 4.69) is 10.3 Å². The van der Waals surface area contributed by atoms with Gasteiger partial charge in [-0.3, -0.25) is 14.9 Å². The van der Waals surface area contributed by atoms with Crippen LogP contribution in [0.15, 0.2) is 89.7 Å². The molecule has 32 heavy (non-hydrogen) atoms. The Kier molecular flexibility index (Phi) is 5.89. The van der Waals surface area contributed by atoms with Crippen LogP contribution in [0, 0.1) is 17.0 Å². The number of benzene rings is 3. The van der Waals surface area contributed by atoms with Gasteiger partial charge in [0.25, 0.3) is 5.69 Å². The fraction of sp³-hybridized carbons (Fsp3) is 0.0400. The molecular formula is C25H19N3O4. The lowest BCUT2D eigenvalue weighted by Gasteiger charge is -2.09. The number of amides is 1. The minimum Gasteiger partial charge on any atom is -0.445 e. The van der Waals surface area contributed by atoms with Gasteiger partial charge in [-0.2, -0.15) is 0 Å². The Balaban J connectivity index is 1.48. The largest absolute Gasteiger partial charge is 0.445 e. The molecular weight excluding hydrogens is 406 g/mol. The summed E-state index contributed by atoms with van der Waals surface area (Å²) >= 11 is 0. The lowest BCUT2D eigenvalue weighted by atomic mass is 9.98. The number of nitro groups is 1. The molecule has 0 saturated carbocycles. The number of oxazole rings is 1. The Morgan fingerprint density at radius 2 is 1.81 bits per heavy atom. The molecule has 0 bridgehead atoms. The molecule has 0 aliphatic carbocycles. The van der Waals surface area contributed by atoms with E-state index in [1.807, 2.05) is 49.4 Å². The molecule has 1 amide bonds. The van der Waals surface area contributed by atoms with Crippen molar-refractivity contribution in [2.45, 2.75) is 6.92 Å². The minimum atomic E-state index is -0.477. The van der Waals surface area contributed by atoms with E-state index in [9.17, 15) is 14.9 Å². The summed E-state index contributed by atoms with van der Waals surface area (Å²) in [5.41, 5.74) is 4.94. The predicted molar refractivity (Wildman–Crippen MR) is 123 cm³/mol. The standard InChI is InChI=1S/C25H19N3O4/c1-17-6-7-20(25-26-14-15-32-25)16-22(17)18-8-11-21(12-9-18)27-24(29)13-10-19-4-2-3-5-23(19)28(30)31/h2-16H,1H3,(H,27,29). The highest BCUT2D eigenvalue weighted by molar-refractivity contribution is 6.02. The van der Waals surface area contributed by atoms with Crippen LogP contribution >= 0.6 is 0 Å². The van der Waals surface area contributed by atoms with Crippen molar-refractivity contribution in [2.24, 2.45) is 0 Å². The lowest BCUT2D eigenvalue weighted by molar-refractivity contribution is -0.385. The summed E-state index contributed by atoms with van der Waals surface area (Å²) in [6.07, 6.45) is 5.85. The molecule has 1 heterocycles. The van der Waals surface area contributed by atoms with Gasteiger partial charge in [0.2, 0.25) is 11.8 Å². The summed E-state index contributed by atoms with van der Waals surface area (Å²) in [6, 6.07) is 19.7. The molecule has 0 radical (unpaired) electrons. The van der Waals surface area contributed by atoms with Gasteiger partial charge in [-0.05, 0) is 60.0 Å². The number of hydrogen-bond donors (Lipinski definition) is 1. The van der Waals surface area contributed by atoms with Crippen LogP contribution in [0.25, 0.3) is 28.7 Å². The first kappa shape index (κ1) is 20.7. The fourth-order valence-corrected chi connectivity index (χ4v) is 3.31. The highest BCUT2D eigenvalue weighted by atomic mass is 16.6. The Hall–Kier alpha value is -4.52. The van der Waals surface area contributed by atoms with Gasteiger partial charge in [0.15, 0.2) is 0 Å². The molecule has 4 rings (SSSR count). The molecule has 0 fully saturated rings. The number of nitro benzene ring substituents is 1. The van der Waals surface area contributed by atoms with Gasteiger partial charge in [0.1, 0.15) is 6.26 Å². The number of nitrogens with one attached hydrogen (secondary N) is 1. The van der Waals surface area contributed by atoms with E-state index in [1.54, 1.807) is 24.4 Å². The second-order valence-electron chi connectivity index (χ2n) is 7.08. The van der Waals surface area contributed by atoms with E-state index in [0.29, 0.717) is 17.1 Å². The van der Waals surface area contributed by atoms with Crippen LogP contribution in [0.2, 0.25) is 0 Å². The van der Waals surface area contributed by atoms with Crippen LogP contribution < -0.4 is 5.32 Å². The van der Waals surface area contributed by atoms with E-state index in [4.69, 9.17) is 4.42 Å². The molecule has 0 saturated heterocycles. The van der Waals surface area contributed by atoms with Gasteiger partial charge in [0, 0.05) is 23.4 Å². The van der Waals surface area contributed by atoms with Crippen molar-refractivity contribution in [1.82, 2.24) is 4.98 Å². The zero-order valence-electron chi connectivity index (χ0n) is 17.2. The first-order chi connectivity index (χ1) is 15.5. The maximum Gasteiger partial charge on any atom is 0.276 e. The number of aromatic nitrogens is 1.